The Bertz CT molecular complexity index is 540. The fourth-order valence-electron chi connectivity index (χ4n) is 3.33. The highest BCUT2D eigenvalue weighted by atomic mass is 16.3. The molecule has 0 saturated heterocycles. The Morgan fingerprint density at radius 1 is 1.38 bits per heavy atom. The summed E-state index contributed by atoms with van der Waals surface area (Å²) in [5, 5.41) is 12.4. The second-order valence-electron chi connectivity index (χ2n) is 6.89. The summed E-state index contributed by atoms with van der Waals surface area (Å²) in [5.41, 5.74) is 7.65. The average Bonchev–Trinajstić information content (AvgIpc) is 2.39. The second kappa shape index (κ2) is 5.68. The van der Waals surface area contributed by atoms with E-state index in [9.17, 15) is 9.90 Å². The minimum atomic E-state index is -0.118. The Hall–Kier alpha value is -1.55. The predicted molar refractivity (Wildman–Crippen MR) is 85.1 cm³/mol. The number of carbonyl (C=O) groups excluding carboxylic acids is 1. The number of amides is 1. The van der Waals surface area contributed by atoms with Crippen LogP contribution in [0.1, 0.15) is 39.2 Å². The summed E-state index contributed by atoms with van der Waals surface area (Å²) >= 11 is 0. The molecule has 0 heterocycles. The number of rotatable bonds is 2. The maximum atomic E-state index is 12.7. The van der Waals surface area contributed by atoms with Crippen LogP contribution < -0.4 is 11.1 Å². The molecule has 1 amide bonds. The van der Waals surface area contributed by atoms with Crippen LogP contribution in [0.3, 0.4) is 0 Å². The van der Waals surface area contributed by atoms with Crippen molar-refractivity contribution in [3.8, 4) is 5.75 Å². The number of phenols is 1. The largest absolute Gasteiger partial charge is 0.508 e. The van der Waals surface area contributed by atoms with Crippen LogP contribution in [0.2, 0.25) is 0 Å². The van der Waals surface area contributed by atoms with Crippen LogP contribution >= 0.6 is 0 Å². The molecule has 1 aromatic rings. The number of hydrogen-bond acceptors (Lipinski definition) is 3. The molecule has 0 aliphatic heterocycles. The molecule has 1 fully saturated rings. The zero-order valence-corrected chi connectivity index (χ0v) is 13.3. The maximum absolute atomic E-state index is 12.7. The van der Waals surface area contributed by atoms with Gasteiger partial charge in [0.15, 0.2) is 0 Å². The first-order valence-electron chi connectivity index (χ1n) is 7.59. The van der Waals surface area contributed by atoms with E-state index in [1.165, 1.54) is 0 Å². The number of nitrogens with two attached hydrogens (primary N) is 1. The monoisotopic (exact) mass is 290 g/mol. The van der Waals surface area contributed by atoms with Crippen molar-refractivity contribution in [2.75, 3.05) is 5.32 Å². The molecule has 1 saturated carbocycles. The van der Waals surface area contributed by atoms with Crippen molar-refractivity contribution in [1.82, 2.24) is 0 Å². The molecule has 4 heteroatoms. The Balaban J connectivity index is 2.16. The van der Waals surface area contributed by atoms with Crippen LogP contribution in [0.25, 0.3) is 0 Å². The fourth-order valence-corrected chi connectivity index (χ4v) is 3.33. The lowest BCUT2D eigenvalue weighted by Gasteiger charge is -2.46. The molecule has 1 aliphatic carbocycles. The van der Waals surface area contributed by atoms with E-state index < -0.39 is 0 Å². The third-order valence-electron chi connectivity index (χ3n) is 5.29. The Kier molecular flexibility index (Phi) is 4.28. The number of anilines is 1. The molecule has 0 spiro atoms. The van der Waals surface area contributed by atoms with Crippen molar-refractivity contribution in [3.63, 3.8) is 0 Å². The number of benzene rings is 1. The molecule has 1 aliphatic rings. The molecule has 3 unspecified atom stereocenters. The van der Waals surface area contributed by atoms with Crippen molar-refractivity contribution in [2.24, 2.45) is 23.0 Å². The molecule has 1 aromatic carbocycles. The van der Waals surface area contributed by atoms with E-state index in [-0.39, 0.29) is 29.0 Å². The van der Waals surface area contributed by atoms with E-state index in [0.717, 1.165) is 24.1 Å². The van der Waals surface area contributed by atoms with Gasteiger partial charge in [-0.3, -0.25) is 4.79 Å². The summed E-state index contributed by atoms with van der Waals surface area (Å²) < 4.78 is 0. The molecule has 21 heavy (non-hydrogen) atoms. The van der Waals surface area contributed by atoms with Gasteiger partial charge in [-0.2, -0.15) is 0 Å². The lowest BCUT2D eigenvalue weighted by atomic mass is 9.61. The smallest absolute Gasteiger partial charge is 0.228 e. The number of phenolic OH excluding ortho intramolecular Hbond substituents is 1. The normalized spacial score (nSPS) is 28.1. The summed E-state index contributed by atoms with van der Waals surface area (Å²) in [6, 6.07) is 5.15. The van der Waals surface area contributed by atoms with Gasteiger partial charge in [0, 0.05) is 17.6 Å². The second-order valence-corrected chi connectivity index (χ2v) is 6.89. The Morgan fingerprint density at radius 2 is 2.05 bits per heavy atom. The van der Waals surface area contributed by atoms with E-state index in [1.807, 2.05) is 6.92 Å². The summed E-state index contributed by atoms with van der Waals surface area (Å²) in [4.78, 5) is 12.7. The van der Waals surface area contributed by atoms with Crippen molar-refractivity contribution >= 4 is 11.6 Å². The molecule has 4 nitrogen and oxygen atoms in total. The molecule has 4 N–H and O–H groups in total. The van der Waals surface area contributed by atoms with Crippen molar-refractivity contribution in [1.29, 1.82) is 0 Å². The van der Waals surface area contributed by atoms with Crippen LogP contribution in [0.4, 0.5) is 5.69 Å². The van der Waals surface area contributed by atoms with Gasteiger partial charge in [0.1, 0.15) is 5.75 Å². The molecular weight excluding hydrogens is 264 g/mol. The third-order valence-corrected chi connectivity index (χ3v) is 5.29. The average molecular weight is 290 g/mol. The third kappa shape index (κ3) is 3.05. The molecule has 2 rings (SSSR count). The quantitative estimate of drug-likeness (QED) is 0.733. The van der Waals surface area contributed by atoms with Crippen LogP contribution in [0, 0.1) is 24.2 Å². The Morgan fingerprint density at radius 3 is 2.67 bits per heavy atom. The Labute approximate surface area is 126 Å². The maximum Gasteiger partial charge on any atom is 0.228 e. The van der Waals surface area contributed by atoms with Gasteiger partial charge >= 0.3 is 0 Å². The molecule has 0 radical (unpaired) electrons. The number of aryl methyl sites for hydroxylation is 1. The summed E-state index contributed by atoms with van der Waals surface area (Å²) in [5.74, 6) is 0.527. The molecular formula is C17H26N2O2. The number of aromatic hydroxyl groups is 1. The van der Waals surface area contributed by atoms with Crippen molar-refractivity contribution in [3.05, 3.63) is 23.8 Å². The van der Waals surface area contributed by atoms with Gasteiger partial charge in [0.2, 0.25) is 5.91 Å². The molecule has 3 atom stereocenters. The zero-order chi connectivity index (χ0) is 15.8. The van der Waals surface area contributed by atoms with E-state index in [4.69, 9.17) is 5.73 Å². The van der Waals surface area contributed by atoms with Crippen LogP contribution in [0.15, 0.2) is 18.2 Å². The zero-order valence-electron chi connectivity index (χ0n) is 13.3. The highest BCUT2D eigenvalue weighted by molar-refractivity contribution is 5.94. The first-order chi connectivity index (χ1) is 9.73. The van der Waals surface area contributed by atoms with Gasteiger partial charge in [-0.15, -0.1) is 0 Å². The van der Waals surface area contributed by atoms with Gasteiger partial charge in [0.25, 0.3) is 0 Å². The van der Waals surface area contributed by atoms with E-state index in [1.54, 1.807) is 18.2 Å². The lowest BCUT2D eigenvalue weighted by molar-refractivity contribution is -0.127. The predicted octanol–water partition coefficient (Wildman–Crippen LogP) is 3.04. The van der Waals surface area contributed by atoms with Crippen LogP contribution in [-0.4, -0.2) is 17.1 Å². The van der Waals surface area contributed by atoms with E-state index >= 15 is 0 Å². The van der Waals surface area contributed by atoms with Gasteiger partial charge in [0.05, 0.1) is 0 Å². The number of carbonyl (C=O) groups is 1. The lowest BCUT2D eigenvalue weighted by Crippen LogP contribution is -2.50. The highest BCUT2D eigenvalue weighted by Gasteiger charge is 2.45. The van der Waals surface area contributed by atoms with Crippen LogP contribution in [0.5, 0.6) is 5.75 Å². The highest BCUT2D eigenvalue weighted by Crippen LogP contribution is 2.44. The minimum Gasteiger partial charge on any atom is -0.508 e. The van der Waals surface area contributed by atoms with Gasteiger partial charge in [-0.1, -0.05) is 20.8 Å². The van der Waals surface area contributed by atoms with Gasteiger partial charge < -0.3 is 16.2 Å². The van der Waals surface area contributed by atoms with Gasteiger partial charge in [-0.25, -0.2) is 0 Å². The van der Waals surface area contributed by atoms with E-state index in [2.05, 4.69) is 26.1 Å². The summed E-state index contributed by atoms with van der Waals surface area (Å²) in [6.07, 6.45) is 1.71. The topological polar surface area (TPSA) is 75.3 Å². The SMILES string of the molecule is Cc1cc(O)ccc1NC(=O)C1CCC(N)C(C)C1(C)C. The number of nitrogens with one attached hydrogen (secondary N) is 1. The molecule has 0 bridgehead atoms. The summed E-state index contributed by atoms with van der Waals surface area (Å²) in [6.45, 7) is 8.27. The summed E-state index contributed by atoms with van der Waals surface area (Å²) in [7, 11) is 0. The first kappa shape index (κ1) is 15.8. The minimum absolute atomic E-state index is 0.0412. The first-order valence-corrected chi connectivity index (χ1v) is 7.59. The number of hydrogen-bond donors (Lipinski definition) is 3. The van der Waals surface area contributed by atoms with Crippen molar-refractivity contribution in [2.45, 2.75) is 46.6 Å². The van der Waals surface area contributed by atoms with Gasteiger partial charge in [-0.05, 0) is 54.9 Å². The fraction of sp³-hybridized carbons (Fsp3) is 0.588. The molecule has 116 valence electrons. The molecule has 0 aromatic heterocycles. The van der Waals surface area contributed by atoms with Crippen molar-refractivity contribution < 1.29 is 9.90 Å². The van der Waals surface area contributed by atoms with Crippen LogP contribution in [-0.2, 0) is 4.79 Å². The standard InChI is InChI=1S/C17H26N2O2/c1-10-9-12(20)5-8-15(10)19-16(21)13-6-7-14(18)11(2)17(13,3)4/h5,8-9,11,13-14,20H,6-7,18H2,1-4H3,(H,19,21). The van der Waals surface area contributed by atoms with E-state index in [0.29, 0.717) is 5.92 Å².